The van der Waals surface area contributed by atoms with Crippen LogP contribution in [0.4, 0.5) is 0 Å². The van der Waals surface area contributed by atoms with Crippen LogP contribution in [0.5, 0.6) is 5.75 Å². The van der Waals surface area contributed by atoms with Crippen LogP contribution in [0.25, 0.3) is 0 Å². The van der Waals surface area contributed by atoms with Crippen molar-refractivity contribution in [2.24, 2.45) is 52.5 Å². The van der Waals surface area contributed by atoms with Crippen molar-refractivity contribution in [2.75, 3.05) is 31.9 Å². The number of aromatic hydroxyl groups is 1. The van der Waals surface area contributed by atoms with Gasteiger partial charge in [0.15, 0.2) is 23.1 Å². The molecule has 0 bridgehead atoms. The van der Waals surface area contributed by atoms with E-state index in [9.17, 15) is 63.3 Å². The molecule has 78 heavy (non-hydrogen) atoms. The molecule has 21 nitrogen and oxygen atoms in total. The van der Waals surface area contributed by atoms with Crippen molar-refractivity contribution < 1.29 is 63.3 Å². The topological polar surface area (TPSA) is 384 Å². The number of carboxylic acid groups (broad SMARTS) is 2. The van der Waals surface area contributed by atoms with Crippen LogP contribution in [-0.4, -0.2) is 130 Å². The van der Waals surface area contributed by atoms with Crippen LogP contribution in [0.15, 0.2) is 54.6 Å². The SMILES string of the molecule is CC[C@H](C)[C@H](N)C(=O)C[C@@H](Cc1ccc(O)cc1)C(=O)NCC(=O)C[C@@H](CCC(=O)O)C(=O)N[C@@H](Cc1ccccc1)C(=O)C[C@@H](CCCCN)C(=O)N[C@@H](CCCCN)C(=O)C[C@@H](CCCCN)C(=O)N[C@@H](CS)C(=O)O. The Labute approximate surface area is 463 Å². The number of amides is 4. The normalized spacial score (nSPS) is 14.7. The number of hydrogen-bond acceptors (Lipinski definition) is 16. The highest BCUT2D eigenvalue weighted by Crippen LogP contribution is 2.23. The predicted octanol–water partition coefficient (Wildman–Crippen LogP) is 2.69. The number of carboxylic acids is 2. The van der Waals surface area contributed by atoms with Crippen molar-refractivity contribution in [1.29, 1.82) is 0 Å². The molecule has 0 radical (unpaired) electrons. The van der Waals surface area contributed by atoms with Gasteiger partial charge in [-0.3, -0.25) is 43.2 Å². The van der Waals surface area contributed by atoms with Crippen LogP contribution >= 0.6 is 12.6 Å². The van der Waals surface area contributed by atoms with Gasteiger partial charge >= 0.3 is 11.9 Å². The number of Topliss-reactive ketones (excluding diaryl/α,β-unsaturated/α-hetero) is 4. The van der Waals surface area contributed by atoms with Crippen LogP contribution in [0.2, 0.25) is 0 Å². The molecule has 434 valence electrons. The number of phenolic OH excluding ortho intramolecular Hbond substituents is 1. The molecule has 2 aromatic carbocycles. The quantitative estimate of drug-likeness (QED) is 0.0335. The molecule has 0 aliphatic heterocycles. The highest BCUT2D eigenvalue weighted by Gasteiger charge is 2.35. The Bertz CT molecular complexity index is 2240. The molecule has 9 atom stereocenters. The summed E-state index contributed by atoms with van der Waals surface area (Å²) in [6, 6.07) is 10.2. The summed E-state index contributed by atoms with van der Waals surface area (Å²) in [5.74, 6) is -11.9. The van der Waals surface area contributed by atoms with Gasteiger partial charge in [-0.1, -0.05) is 75.6 Å². The molecule has 2 rings (SSSR count). The molecule has 0 saturated heterocycles. The monoisotopic (exact) mass is 1110 g/mol. The van der Waals surface area contributed by atoms with E-state index in [2.05, 4.69) is 33.9 Å². The summed E-state index contributed by atoms with van der Waals surface area (Å²) < 4.78 is 0. The Kier molecular flexibility index (Phi) is 32.9. The fourth-order valence-electron chi connectivity index (χ4n) is 8.87. The predicted molar refractivity (Wildman–Crippen MR) is 298 cm³/mol. The number of thiol groups is 1. The van der Waals surface area contributed by atoms with E-state index in [1.54, 1.807) is 42.5 Å². The number of unbranched alkanes of at least 4 members (excludes halogenated alkanes) is 3. The zero-order valence-corrected chi connectivity index (χ0v) is 46.2. The second-order valence-corrected chi connectivity index (χ2v) is 20.6. The molecule has 0 heterocycles. The molecular weight excluding hydrogens is 1020 g/mol. The molecule has 0 aliphatic carbocycles. The summed E-state index contributed by atoms with van der Waals surface area (Å²) in [4.78, 5) is 135. The molecule has 0 unspecified atom stereocenters. The minimum absolute atomic E-state index is 0.00247. The van der Waals surface area contributed by atoms with Crippen LogP contribution in [0, 0.1) is 29.6 Å². The van der Waals surface area contributed by atoms with E-state index in [1.807, 2.05) is 13.8 Å². The summed E-state index contributed by atoms with van der Waals surface area (Å²) >= 11 is 4.03. The molecule has 0 aromatic heterocycles. The van der Waals surface area contributed by atoms with Crippen molar-refractivity contribution in [3.05, 3.63) is 65.7 Å². The van der Waals surface area contributed by atoms with Crippen molar-refractivity contribution in [1.82, 2.24) is 21.3 Å². The van der Waals surface area contributed by atoms with Crippen LogP contribution in [0.3, 0.4) is 0 Å². The molecule has 22 heteroatoms. The lowest BCUT2D eigenvalue weighted by atomic mass is 9.87. The third-order valence-electron chi connectivity index (χ3n) is 14.0. The standard InChI is InChI=1S/C56H86N8O13S/c1-3-35(2)51(60)49(69)32-41(27-37-18-21-42(65)22-19-37)52(72)61-33-43(66)29-40(20-23-50(70)71)55(75)63-45(28-36-13-5-4-6-14-36)48(68)31-39(16-8-11-25-58)53(73)62-44(17-9-12-26-59)47(67)30-38(15-7-10-24-57)54(74)64-46(34-78)56(76)77/h4-6,13-14,18-19,21-22,35,38-41,44-46,51,65,78H,3,7-12,15-17,20,23-34,57-60H2,1-2H3,(H,61,72)(H,62,73)(H,63,75)(H,64,74)(H,70,71)(H,76,77)/t35-,38+,39+,40+,41+,44-,45-,46-,51-/m0/s1. The van der Waals surface area contributed by atoms with Gasteiger partial charge in [-0.05, 0) is 113 Å². The third-order valence-corrected chi connectivity index (χ3v) is 14.3. The second kappa shape index (κ2) is 37.7. The van der Waals surface area contributed by atoms with Crippen LogP contribution < -0.4 is 44.2 Å². The van der Waals surface area contributed by atoms with Crippen molar-refractivity contribution in [3.8, 4) is 5.75 Å². The maximum absolute atomic E-state index is 14.6. The average molecular weight is 1110 g/mol. The molecule has 0 fully saturated rings. The Morgan fingerprint density at radius 2 is 1.03 bits per heavy atom. The molecule has 0 spiro atoms. The van der Waals surface area contributed by atoms with Gasteiger partial charge in [-0.2, -0.15) is 12.6 Å². The number of rotatable bonds is 43. The lowest BCUT2D eigenvalue weighted by molar-refractivity contribution is -0.142. The van der Waals surface area contributed by atoms with Crippen LogP contribution in [-0.2, 0) is 60.8 Å². The molecule has 4 amide bonds. The number of aliphatic carboxylic acids is 2. The maximum atomic E-state index is 14.6. The average Bonchev–Trinajstić information content (AvgIpc) is 3.42. The summed E-state index contributed by atoms with van der Waals surface area (Å²) in [6.45, 7) is 4.05. The minimum atomic E-state index is -1.31. The first-order valence-corrected chi connectivity index (χ1v) is 27.8. The Balaban J connectivity index is 2.43. The van der Waals surface area contributed by atoms with Gasteiger partial charge < -0.3 is 59.5 Å². The van der Waals surface area contributed by atoms with E-state index in [0.717, 1.165) is 0 Å². The Morgan fingerprint density at radius 3 is 1.53 bits per heavy atom. The summed E-state index contributed by atoms with van der Waals surface area (Å²) in [7, 11) is 0. The van der Waals surface area contributed by atoms with E-state index >= 15 is 0 Å². The number of benzene rings is 2. The first-order valence-electron chi connectivity index (χ1n) is 27.2. The van der Waals surface area contributed by atoms with E-state index in [0.29, 0.717) is 69.2 Å². The zero-order valence-electron chi connectivity index (χ0n) is 45.3. The van der Waals surface area contributed by atoms with Gasteiger partial charge in [0.05, 0.1) is 24.7 Å². The van der Waals surface area contributed by atoms with E-state index in [-0.39, 0.29) is 81.1 Å². The van der Waals surface area contributed by atoms with Crippen molar-refractivity contribution in [2.45, 2.75) is 154 Å². The largest absolute Gasteiger partial charge is 0.508 e. The van der Waals surface area contributed by atoms with E-state index < -0.39 is 127 Å². The number of nitrogens with two attached hydrogens (primary N) is 4. The number of carbonyl (C=O) groups is 10. The first kappa shape index (κ1) is 68.0. The second-order valence-electron chi connectivity index (χ2n) is 20.2. The molecule has 2 aromatic rings. The van der Waals surface area contributed by atoms with Crippen LogP contribution in [0.1, 0.15) is 128 Å². The number of nitrogens with one attached hydrogen (secondary N) is 4. The van der Waals surface area contributed by atoms with E-state index in [4.69, 9.17) is 22.9 Å². The Morgan fingerprint density at radius 1 is 0.551 bits per heavy atom. The maximum Gasteiger partial charge on any atom is 0.327 e. The Hall–Kier alpha value is -6.07. The number of carbonyl (C=O) groups excluding carboxylic acids is 8. The minimum Gasteiger partial charge on any atom is -0.508 e. The lowest BCUT2D eigenvalue weighted by Gasteiger charge is -2.26. The highest BCUT2D eigenvalue weighted by molar-refractivity contribution is 7.80. The van der Waals surface area contributed by atoms with Gasteiger partial charge in [0.25, 0.3) is 0 Å². The first-order chi connectivity index (χ1) is 37.2. The van der Waals surface area contributed by atoms with Gasteiger partial charge in [0.1, 0.15) is 11.8 Å². The summed E-state index contributed by atoms with van der Waals surface area (Å²) in [6.07, 6.45) is 1.68. The number of hydrogen-bond donors (Lipinski definition) is 12. The number of phenols is 1. The van der Waals surface area contributed by atoms with Gasteiger partial charge in [0.2, 0.25) is 23.6 Å². The number of ketones is 4. The zero-order chi connectivity index (χ0) is 58.2. The van der Waals surface area contributed by atoms with Gasteiger partial charge in [-0.15, -0.1) is 0 Å². The van der Waals surface area contributed by atoms with Gasteiger partial charge in [0, 0.05) is 61.5 Å². The van der Waals surface area contributed by atoms with Crippen molar-refractivity contribution in [3.63, 3.8) is 0 Å². The molecule has 15 N–H and O–H groups in total. The molecular formula is C56H86N8O13S. The lowest BCUT2D eigenvalue weighted by Crippen LogP contribution is -2.49. The van der Waals surface area contributed by atoms with E-state index in [1.165, 1.54) is 12.1 Å². The summed E-state index contributed by atoms with van der Waals surface area (Å²) in [5.41, 5.74) is 24.8. The molecule has 0 aliphatic rings. The van der Waals surface area contributed by atoms with Crippen molar-refractivity contribution >= 4 is 71.3 Å². The highest BCUT2D eigenvalue weighted by atomic mass is 32.1. The smallest absolute Gasteiger partial charge is 0.327 e. The fraction of sp³-hybridized carbons (Fsp3) is 0.607. The third kappa shape index (κ3) is 26.1. The molecule has 0 saturated carbocycles. The fourth-order valence-corrected chi connectivity index (χ4v) is 9.12. The van der Waals surface area contributed by atoms with Gasteiger partial charge in [-0.25, -0.2) is 4.79 Å². The summed E-state index contributed by atoms with van der Waals surface area (Å²) in [5, 5.41) is 39.6.